The summed E-state index contributed by atoms with van der Waals surface area (Å²) in [6, 6.07) is 12.7. The number of nitro benzene ring substituents is 1. The van der Waals surface area contributed by atoms with E-state index in [0.29, 0.717) is 37.6 Å². The van der Waals surface area contributed by atoms with Gasteiger partial charge in [-0.25, -0.2) is 4.68 Å². The number of aromatic nitrogens is 5. The standard InChI is InChI=1S/C29H34N8O3/c1-19-16-20(2)24-18-25(29(38)30-26(24)17-19)27(28-31-32-33-36(28)22-6-4-3-5-7-22)35-14-12-34(13-15-35)21-8-10-23(11-9-21)37(39)40/h8-11,16-18,22,27H,3-7,12-15H2,1-2H3,(H,30,38)/t27-/m0/s1. The minimum absolute atomic E-state index is 0.0815. The van der Waals surface area contributed by atoms with E-state index in [9.17, 15) is 14.9 Å². The fraction of sp³-hybridized carbons (Fsp3) is 0.448. The molecule has 40 heavy (non-hydrogen) atoms. The van der Waals surface area contributed by atoms with Crippen LogP contribution in [0.4, 0.5) is 11.4 Å². The summed E-state index contributed by atoms with van der Waals surface area (Å²) in [6.07, 6.45) is 5.59. The average molecular weight is 543 g/mol. The molecule has 0 bridgehead atoms. The highest BCUT2D eigenvalue weighted by Gasteiger charge is 2.34. The van der Waals surface area contributed by atoms with E-state index in [4.69, 9.17) is 0 Å². The second-order valence-corrected chi connectivity index (χ2v) is 11.1. The second-order valence-electron chi connectivity index (χ2n) is 11.1. The third kappa shape index (κ3) is 4.97. The van der Waals surface area contributed by atoms with E-state index < -0.39 is 6.04 Å². The highest BCUT2D eigenvalue weighted by molar-refractivity contribution is 5.83. The van der Waals surface area contributed by atoms with Gasteiger partial charge in [-0.2, -0.15) is 0 Å². The van der Waals surface area contributed by atoms with E-state index >= 15 is 0 Å². The van der Waals surface area contributed by atoms with Crippen LogP contribution in [0.25, 0.3) is 10.9 Å². The van der Waals surface area contributed by atoms with Crippen LogP contribution in [0.15, 0.2) is 47.3 Å². The Kier molecular flexibility index (Phi) is 7.05. The summed E-state index contributed by atoms with van der Waals surface area (Å²) < 4.78 is 1.97. The predicted molar refractivity (Wildman–Crippen MR) is 153 cm³/mol. The molecule has 3 heterocycles. The zero-order chi connectivity index (χ0) is 27.8. The molecule has 2 aliphatic rings. The first kappa shape index (κ1) is 26.1. The highest BCUT2D eigenvalue weighted by Crippen LogP contribution is 2.34. The largest absolute Gasteiger partial charge is 0.369 e. The van der Waals surface area contributed by atoms with Gasteiger partial charge in [0.05, 0.1) is 11.0 Å². The first-order chi connectivity index (χ1) is 19.4. The van der Waals surface area contributed by atoms with E-state index in [0.717, 1.165) is 53.4 Å². The molecule has 0 amide bonds. The first-order valence-electron chi connectivity index (χ1n) is 14.0. The van der Waals surface area contributed by atoms with Crippen molar-refractivity contribution in [2.24, 2.45) is 0 Å². The number of H-pyrrole nitrogens is 1. The summed E-state index contributed by atoms with van der Waals surface area (Å²) in [5, 5.41) is 25.2. The van der Waals surface area contributed by atoms with Crippen molar-refractivity contribution in [2.75, 3.05) is 31.1 Å². The smallest absolute Gasteiger partial charge is 0.269 e. The number of hydrogen-bond acceptors (Lipinski definition) is 8. The third-order valence-electron chi connectivity index (χ3n) is 8.42. The number of nitrogens with zero attached hydrogens (tertiary/aromatic N) is 7. The van der Waals surface area contributed by atoms with Gasteiger partial charge in [-0.05, 0) is 72.5 Å². The monoisotopic (exact) mass is 542 g/mol. The Hall–Kier alpha value is -4.12. The molecular weight excluding hydrogens is 508 g/mol. The van der Waals surface area contributed by atoms with Crippen LogP contribution in [0.5, 0.6) is 0 Å². The number of non-ortho nitro benzene ring substituents is 1. The molecule has 1 aliphatic carbocycles. The van der Waals surface area contributed by atoms with Gasteiger partial charge in [-0.1, -0.05) is 25.3 Å². The molecule has 208 valence electrons. The molecule has 2 aromatic heterocycles. The topological polar surface area (TPSA) is 126 Å². The summed E-state index contributed by atoms with van der Waals surface area (Å²) >= 11 is 0. The van der Waals surface area contributed by atoms with Crippen LogP contribution in [0, 0.1) is 24.0 Å². The maximum absolute atomic E-state index is 13.7. The summed E-state index contributed by atoms with van der Waals surface area (Å²) in [4.78, 5) is 32.0. The highest BCUT2D eigenvalue weighted by atomic mass is 16.6. The Morgan fingerprint density at radius 2 is 1.73 bits per heavy atom. The number of aromatic amines is 1. The third-order valence-corrected chi connectivity index (χ3v) is 8.42. The molecule has 11 heteroatoms. The van der Waals surface area contributed by atoms with Gasteiger partial charge < -0.3 is 9.88 Å². The van der Waals surface area contributed by atoms with Crippen molar-refractivity contribution < 1.29 is 4.92 Å². The predicted octanol–water partition coefficient (Wildman–Crippen LogP) is 4.46. The van der Waals surface area contributed by atoms with E-state index in [-0.39, 0.29) is 22.2 Å². The number of anilines is 1. The van der Waals surface area contributed by atoms with E-state index in [1.165, 1.54) is 6.42 Å². The van der Waals surface area contributed by atoms with Gasteiger partial charge in [0.15, 0.2) is 5.82 Å². The molecule has 6 rings (SSSR count). The van der Waals surface area contributed by atoms with Crippen LogP contribution >= 0.6 is 0 Å². The number of hydrogen-bond donors (Lipinski definition) is 1. The molecule has 1 atom stereocenters. The summed E-state index contributed by atoms with van der Waals surface area (Å²) in [6.45, 7) is 6.89. The van der Waals surface area contributed by atoms with Crippen molar-refractivity contribution >= 4 is 22.3 Å². The number of rotatable bonds is 6. The van der Waals surface area contributed by atoms with Gasteiger partial charge >= 0.3 is 0 Å². The number of nitro groups is 1. The fourth-order valence-corrected chi connectivity index (χ4v) is 6.38. The van der Waals surface area contributed by atoms with Crippen LogP contribution in [-0.2, 0) is 0 Å². The van der Waals surface area contributed by atoms with Crippen molar-refractivity contribution in [1.29, 1.82) is 0 Å². The van der Waals surface area contributed by atoms with E-state index in [1.54, 1.807) is 24.3 Å². The molecule has 4 aromatic rings. The molecule has 1 N–H and O–H groups in total. The van der Waals surface area contributed by atoms with Gasteiger partial charge in [0.25, 0.3) is 11.2 Å². The normalized spacial score (nSPS) is 17.8. The van der Waals surface area contributed by atoms with Gasteiger partial charge in [-0.15, -0.1) is 5.10 Å². The lowest BCUT2D eigenvalue weighted by Gasteiger charge is -2.40. The lowest BCUT2D eigenvalue weighted by atomic mass is 9.94. The minimum atomic E-state index is -0.398. The van der Waals surface area contributed by atoms with Crippen LogP contribution in [0.3, 0.4) is 0 Å². The van der Waals surface area contributed by atoms with Gasteiger partial charge in [0, 0.05) is 60.5 Å². The lowest BCUT2D eigenvalue weighted by molar-refractivity contribution is -0.384. The van der Waals surface area contributed by atoms with Crippen molar-refractivity contribution in [3.8, 4) is 0 Å². The molecule has 1 saturated carbocycles. The number of aryl methyl sites for hydroxylation is 2. The number of benzene rings is 2. The maximum Gasteiger partial charge on any atom is 0.269 e. The van der Waals surface area contributed by atoms with Crippen LogP contribution in [0.1, 0.15) is 66.7 Å². The number of fused-ring (bicyclic) bond motifs is 1. The first-order valence-corrected chi connectivity index (χ1v) is 14.0. The van der Waals surface area contributed by atoms with E-state index in [1.807, 2.05) is 23.7 Å². The second kappa shape index (κ2) is 10.8. The maximum atomic E-state index is 13.7. The van der Waals surface area contributed by atoms with Crippen molar-refractivity contribution in [1.82, 2.24) is 30.1 Å². The molecule has 2 aromatic carbocycles. The molecule has 0 radical (unpaired) electrons. The fourth-order valence-electron chi connectivity index (χ4n) is 6.38. The van der Waals surface area contributed by atoms with Crippen molar-refractivity contribution in [2.45, 2.75) is 58.0 Å². The lowest BCUT2D eigenvalue weighted by Crippen LogP contribution is -2.49. The Morgan fingerprint density at radius 1 is 1.00 bits per heavy atom. The molecule has 0 spiro atoms. The summed E-state index contributed by atoms with van der Waals surface area (Å²) in [5.74, 6) is 0.713. The summed E-state index contributed by atoms with van der Waals surface area (Å²) in [5.41, 5.74) is 4.60. The minimum Gasteiger partial charge on any atom is -0.369 e. The zero-order valence-electron chi connectivity index (χ0n) is 22.9. The van der Waals surface area contributed by atoms with Crippen LogP contribution < -0.4 is 10.5 Å². The molecular formula is C29H34N8O3. The number of nitrogens with one attached hydrogen (secondary N) is 1. The zero-order valence-corrected chi connectivity index (χ0v) is 22.9. The van der Waals surface area contributed by atoms with Crippen LogP contribution in [0.2, 0.25) is 0 Å². The van der Waals surface area contributed by atoms with E-state index in [2.05, 4.69) is 43.3 Å². The molecule has 2 fully saturated rings. The molecule has 1 saturated heterocycles. The number of tetrazole rings is 1. The quantitative estimate of drug-likeness (QED) is 0.280. The van der Waals surface area contributed by atoms with Gasteiger partial charge in [-0.3, -0.25) is 19.8 Å². The molecule has 1 aliphatic heterocycles. The number of pyridine rings is 1. The Morgan fingerprint density at radius 3 is 2.42 bits per heavy atom. The Bertz CT molecular complexity index is 1580. The average Bonchev–Trinajstić information content (AvgIpc) is 3.44. The summed E-state index contributed by atoms with van der Waals surface area (Å²) in [7, 11) is 0. The van der Waals surface area contributed by atoms with Crippen molar-refractivity contribution in [3.05, 3.63) is 85.4 Å². The Balaban J connectivity index is 1.37. The number of piperazine rings is 1. The Labute approximate surface area is 231 Å². The van der Waals surface area contributed by atoms with Gasteiger partial charge in [0.1, 0.15) is 6.04 Å². The van der Waals surface area contributed by atoms with Gasteiger partial charge in [0.2, 0.25) is 0 Å². The molecule has 11 nitrogen and oxygen atoms in total. The molecule has 0 unspecified atom stereocenters. The van der Waals surface area contributed by atoms with Crippen molar-refractivity contribution in [3.63, 3.8) is 0 Å². The SMILES string of the molecule is Cc1cc(C)c2cc([C@@H](c3nnnn3C3CCCCC3)N3CCN(c4ccc([N+](=O)[O-])cc4)CC3)c(=O)[nH]c2c1. The van der Waals surface area contributed by atoms with Crippen LogP contribution in [-0.4, -0.2) is 61.2 Å².